The zero-order valence-corrected chi connectivity index (χ0v) is 10.2. The molecule has 2 rings (SSSR count). The Morgan fingerprint density at radius 2 is 1.94 bits per heavy atom. The standard InChI is InChI=1S/C15H15NO2/c1-11-5-7-12(8-6-11)14(15(17)18)10-13-4-2-3-9-16-13/h2-9,14H,10H2,1H3,(H,17,18). The van der Waals surface area contributed by atoms with Crippen LogP contribution >= 0.6 is 0 Å². The van der Waals surface area contributed by atoms with E-state index in [4.69, 9.17) is 0 Å². The SMILES string of the molecule is Cc1ccc(C(Cc2ccccn2)C(=O)O)cc1. The zero-order chi connectivity index (χ0) is 13.0. The normalized spacial score (nSPS) is 12.1. The molecule has 1 heterocycles. The van der Waals surface area contributed by atoms with Gasteiger partial charge in [0.2, 0.25) is 0 Å². The summed E-state index contributed by atoms with van der Waals surface area (Å²) in [6, 6.07) is 13.2. The molecule has 0 spiro atoms. The number of aliphatic carboxylic acids is 1. The fraction of sp³-hybridized carbons (Fsp3) is 0.200. The third-order valence-electron chi connectivity index (χ3n) is 2.92. The monoisotopic (exact) mass is 241 g/mol. The van der Waals surface area contributed by atoms with Crippen LogP contribution in [0.25, 0.3) is 0 Å². The number of nitrogens with zero attached hydrogens (tertiary/aromatic N) is 1. The van der Waals surface area contributed by atoms with Crippen molar-refractivity contribution in [3.63, 3.8) is 0 Å². The largest absolute Gasteiger partial charge is 0.481 e. The van der Waals surface area contributed by atoms with Crippen LogP contribution in [0.15, 0.2) is 48.7 Å². The van der Waals surface area contributed by atoms with Crippen molar-refractivity contribution in [1.82, 2.24) is 4.98 Å². The van der Waals surface area contributed by atoms with Crippen molar-refractivity contribution in [1.29, 1.82) is 0 Å². The van der Waals surface area contributed by atoms with Crippen LogP contribution in [0.1, 0.15) is 22.7 Å². The summed E-state index contributed by atoms with van der Waals surface area (Å²) < 4.78 is 0. The predicted octanol–water partition coefficient (Wildman–Crippen LogP) is 2.80. The molecule has 0 aliphatic rings. The van der Waals surface area contributed by atoms with Gasteiger partial charge in [-0.15, -0.1) is 0 Å². The number of hydrogen-bond acceptors (Lipinski definition) is 2. The molecule has 3 nitrogen and oxygen atoms in total. The van der Waals surface area contributed by atoms with E-state index in [0.29, 0.717) is 6.42 Å². The quantitative estimate of drug-likeness (QED) is 0.895. The van der Waals surface area contributed by atoms with Crippen LogP contribution in [0.2, 0.25) is 0 Å². The lowest BCUT2D eigenvalue weighted by Gasteiger charge is -2.12. The highest BCUT2D eigenvalue weighted by Crippen LogP contribution is 2.21. The fourth-order valence-corrected chi connectivity index (χ4v) is 1.87. The maximum atomic E-state index is 11.4. The molecule has 1 aromatic heterocycles. The number of rotatable bonds is 4. The first-order chi connectivity index (χ1) is 8.66. The van der Waals surface area contributed by atoms with Crippen LogP contribution in [-0.2, 0) is 11.2 Å². The van der Waals surface area contributed by atoms with Gasteiger partial charge in [0.05, 0.1) is 5.92 Å². The van der Waals surface area contributed by atoms with E-state index in [1.165, 1.54) is 0 Å². The summed E-state index contributed by atoms with van der Waals surface area (Å²) in [6.45, 7) is 1.98. The average molecular weight is 241 g/mol. The smallest absolute Gasteiger partial charge is 0.311 e. The molecule has 1 N–H and O–H groups in total. The third kappa shape index (κ3) is 2.94. The molecule has 18 heavy (non-hydrogen) atoms. The summed E-state index contributed by atoms with van der Waals surface area (Å²) in [5.41, 5.74) is 2.74. The van der Waals surface area contributed by atoms with E-state index in [9.17, 15) is 9.90 Å². The fourth-order valence-electron chi connectivity index (χ4n) is 1.87. The molecule has 0 radical (unpaired) electrons. The number of carboxylic acid groups (broad SMARTS) is 1. The first kappa shape index (κ1) is 12.3. The first-order valence-corrected chi connectivity index (χ1v) is 5.86. The highest BCUT2D eigenvalue weighted by atomic mass is 16.4. The van der Waals surface area contributed by atoms with E-state index in [2.05, 4.69) is 4.98 Å². The van der Waals surface area contributed by atoms with Gasteiger partial charge in [0, 0.05) is 18.3 Å². The van der Waals surface area contributed by atoms with E-state index >= 15 is 0 Å². The van der Waals surface area contributed by atoms with Crippen molar-refractivity contribution < 1.29 is 9.90 Å². The van der Waals surface area contributed by atoms with Crippen molar-refractivity contribution in [2.75, 3.05) is 0 Å². The van der Waals surface area contributed by atoms with Crippen LogP contribution in [0.5, 0.6) is 0 Å². The summed E-state index contributed by atoms with van der Waals surface area (Å²) in [7, 11) is 0. The van der Waals surface area contributed by atoms with Crippen LogP contribution in [0.4, 0.5) is 0 Å². The molecule has 0 saturated carbocycles. The topological polar surface area (TPSA) is 50.2 Å². The first-order valence-electron chi connectivity index (χ1n) is 5.86. The molecule has 0 bridgehead atoms. The van der Waals surface area contributed by atoms with Crippen molar-refractivity contribution >= 4 is 5.97 Å². The summed E-state index contributed by atoms with van der Waals surface area (Å²) in [4.78, 5) is 15.5. The molecular weight excluding hydrogens is 226 g/mol. The van der Waals surface area contributed by atoms with E-state index in [0.717, 1.165) is 16.8 Å². The Hall–Kier alpha value is -2.16. The molecule has 92 valence electrons. The summed E-state index contributed by atoms with van der Waals surface area (Å²) in [6.07, 6.45) is 2.10. The minimum atomic E-state index is -0.815. The van der Waals surface area contributed by atoms with Crippen molar-refractivity contribution in [3.05, 3.63) is 65.5 Å². The lowest BCUT2D eigenvalue weighted by atomic mass is 9.93. The van der Waals surface area contributed by atoms with Gasteiger partial charge in [0.15, 0.2) is 0 Å². The van der Waals surface area contributed by atoms with Crippen LogP contribution in [-0.4, -0.2) is 16.1 Å². The van der Waals surface area contributed by atoms with Gasteiger partial charge in [-0.2, -0.15) is 0 Å². The maximum Gasteiger partial charge on any atom is 0.311 e. The maximum absolute atomic E-state index is 11.4. The Morgan fingerprint density at radius 3 is 2.50 bits per heavy atom. The second kappa shape index (κ2) is 5.45. The molecule has 0 aliphatic heterocycles. The molecule has 0 fully saturated rings. The number of hydrogen-bond donors (Lipinski definition) is 1. The molecule has 0 aliphatic carbocycles. The Morgan fingerprint density at radius 1 is 1.22 bits per heavy atom. The van der Waals surface area contributed by atoms with Gasteiger partial charge >= 0.3 is 5.97 Å². The molecule has 0 saturated heterocycles. The lowest BCUT2D eigenvalue weighted by molar-refractivity contribution is -0.138. The molecule has 3 heteroatoms. The Bertz CT molecular complexity index is 520. The summed E-state index contributed by atoms with van der Waals surface area (Å²) >= 11 is 0. The predicted molar refractivity (Wildman–Crippen MR) is 69.5 cm³/mol. The van der Waals surface area contributed by atoms with Gasteiger partial charge in [-0.3, -0.25) is 9.78 Å². The Labute approximate surface area is 106 Å². The molecule has 1 atom stereocenters. The van der Waals surface area contributed by atoms with Crippen LogP contribution in [0, 0.1) is 6.92 Å². The highest BCUT2D eigenvalue weighted by molar-refractivity contribution is 5.76. The Balaban J connectivity index is 2.24. The van der Waals surface area contributed by atoms with Gasteiger partial charge in [0.25, 0.3) is 0 Å². The highest BCUT2D eigenvalue weighted by Gasteiger charge is 2.20. The van der Waals surface area contributed by atoms with E-state index < -0.39 is 11.9 Å². The Kier molecular flexibility index (Phi) is 3.72. The third-order valence-corrected chi connectivity index (χ3v) is 2.92. The zero-order valence-electron chi connectivity index (χ0n) is 10.2. The summed E-state index contributed by atoms with van der Waals surface area (Å²) in [5, 5.41) is 9.33. The van der Waals surface area contributed by atoms with Crippen LogP contribution < -0.4 is 0 Å². The van der Waals surface area contributed by atoms with Gasteiger partial charge in [-0.05, 0) is 24.6 Å². The van der Waals surface area contributed by atoms with Gasteiger partial charge in [-0.25, -0.2) is 0 Å². The molecule has 2 aromatic rings. The van der Waals surface area contributed by atoms with E-state index in [1.807, 2.05) is 49.4 Å². The average Bonchev–Trinajstić information content (AvgIpc) is 2.38. The number of benzene rings is 1. The lowest BCUT2D eigenvalue weighted by Crippen LogP contribution is -2.15. The number of carbonyl (C=O) groups is 1. The van der Waals surface area contributed by atoms with Gasteiger partial charge in [0.1, 0.15) is 0 Å². The number of carboxylic acids is 1. The number of aryl methyl sites for hydroxylation is 1. The minimum absolute atomic E-state index is 0.416. The van der Waals surface area contributed by atoms with Gasteiger partial charge < -0.3 is 5.11 Å². The van der Waals surface area contributed by atoms with Crippen molar-refractivity contribution in [2.24, 2.45) is 0 Å². The van der Waals surface area contributed by atoms with E-state index in [-0.39, 0.29) is 0 Å². The van der Waals surface area contributed by atoms with Crippen molar-refractivity contribution in [2.45, 2.75) is 19.3 Å². The second-order valence-corrected chi connectivity index (χ2v) is 4.33. The minimum Gasteiger partial charge on any atom is -0.481 e. The van der Waals surface area contributed by atoms with E-state index in [1.54, 1.807) is 6.20 Å². The summed E-state index contributed by atoms with van der Waals surface area (Å²) in [5.74, 6) is -1.36. The number of pyridine rings is 1. The van der Waals surface area contributed by atoms with Crippen LogP contribution in [0.3, 0.4) is 0 Å². The van der Waals surface area contributed by atoms with Crippen molar-refractivity contribution in [3.8, 4) is 0 Å². The molecule has 1 aromatic carbocycles. The van der Waals surface area contributed by atoms with Gasteiger partial charge in [-0.1, -0.05) is 35.9 Å². The molecule has 0 amide bonds. The molecular formula is C15H15NO2. The number of aromatic nitrogens is 1. The molecule has 1 unspecified atom stereocenters. The second-order valence-electron chi connectivity index (χ2n) is 4.33.